The van der Waals surface area contributed by atoms with Crippen LogP contribution in [0.4, 0.5) is 0 Å². The number of rotatable bonds is 5. The first kappa shape index (κ1) is 13.5. The zero-order valence-corrected chi connectivity index (χ0v) is 11.6. The summed E-state index contributed by atoms with van der Waals surface area (Å²) in [6.07, 6.45) is 6.96. The van der Waals surface area contributed by atoms with Gasteiger partial charge in [0.05, 0.1) is 11.8 Å². The van der Waals surface area contributed by atoms with Crippen molar-refractivity contribution in [1.29, 1.82) is 0 Å². The highest BCUT2D eigenvalue weighted by Gasteiger charge is 2.33. The molecule has 0 unspecified atom stereocenters. The lowest BCUT2D eigenvalue weighted by molar-refractivity contribution is 0.0933. The molecule has 0 aliphatic heterocycles. The van der Waals surface area contributed by atoms with E-state index < -0.39 is 0 Å². The molecule has 4 heteroatoms. The number of furan rings is 1. The lowest BCUT2D eigenvalue weighted by atomic mass is 9.88. The Bertz CT molecular complexity index is 408. The molecule has 1 aliphatic carbocycles. The molecule has 2 rings (SSSR count). The predicted octanol–water partition coefficient (Wildman–Crippen LogP) is 3.37. The SMILES string of the molecule is CCc1occc1C(=O)NCC1(CCl)CCCC1. The number of carbonyl (C=O) groups is 1. The van der Waals surface area contributed by atoms with Crippen molar-refractivity contribution in [3.63, 3.8) is 0 Å². The number of hydrogen-bond acceptors (Lipinski definition) is 2. The highest BCUT2D eigenvalue weighted by molar-refractivity contribution is 6.18. The van der Waals surface area contributed by atoms with Gasteiger partial charge in [0.1, 0.15) is 5.76 Å². The van der Waals surface area contributed by atoms with E-state index in [1.807, 2.05) is 6.92 Å². The molecule has 1 aromatic heterocycles. The normalized spacial score (nSPS) is 17.9. The van der Waals surface area contributed by atoms with Gasteiger partial charge < -0.3 is 9.73 Å². The molecule has 1 aliphatic rings. The molecule has 1 fully saturated rings. The van der Waals surface area contributed by atoms with E-state index in [4.69, 9.17) is 16.0 Å². The molecule has 1 aromatic rings. The Morgan fingerprint density at radius 1 is 1.50 bits per heavy atom. The molecule has 1 amide bonds. The number of hydrogen-bond donors (Lipinski definition) is 1. The van der Waals surface area contributed by atoms with Crippen molar-refractivity contribution in [3.8, 4) is 0 Å². The average Bonchev–Trinajstić information content (AvgIpc) is 3.05. The maximum Gasteiger partial charge on any atom is 0.254 e. The first-order chi connectivity index (χ1) is 8.71. The van der Waals surface area contributed by atoms with Gasteiger partial charge in [-0.15, -0.1) is 11.6 Å². The second-order valence-electron chi connectivity index (χ2n) is 5.13. The molecule has 1 heterocycles. The van der Waals surface area contributed by atoms with Crippen molar-refractivity contribution in [1.82, 2.24) is 5.32 Å². The lowest BCUT2D eigenvalue weighted by Gasteiger charge is -2.26. The molecule has 0 spiro atoms. The molecule has 3 nitrogen and oxygen atoms in total. The van der Waals surface area contributed by atoms with Crippen LogP contribution in [-0.2, 0) is 6.42 Å². The number of alkyl halides is 1. The highest BCUT2D eigenvalue weighted by Crippen LogP contribution is 2.38. The number of amides is 1. The van der Waals surface area contributed by atoms with Crippen LogP contribution < -0.4 is 5.32 Å². The number of halogens is 1. The van der Waals surface area contributed by atoms with Crippen molar-refractivity contribution in [3.05, 3.63) is 23.7 Å². The van der Waals surface area contributed by atoms with Crippen LogP contribution in [0.2, 0.25) is 0 Å². The quantitative estimate of drug-likeness (QED) is 0.833. The van der Waals surface area contributed by atoms with Gasteiger partial charge in [-0.2, -0.15) is 0 Å². The molecule has 18 heavy (non-hydrogen) atoms. The largest absolute Gasteiger partial charge is 0.469 e. The Labute approximate surface area is 113 Å². The van der Waals surface area contributed by atoms with Crippen LogP contribution in [0.1, 0.15) is 48.7 Å². The predicted molar refractivity (Wildman–Crippen MR) is 72.0 cm³/mol. The maximum absolute atomic E-state index is 12.1. The van der Waals surface area contributed by atoms with Crippen LogP contribution in [0.5, 0.6) is 0 Å². The molecule has 1 N–H and O–H groups in total. The average molecular weight is 270 g/mol. The number of nitrogens with one attached hydrogen (secondary N) is 1. The summed E-state index contributed by atoms with van der Waals surface area (Å²) in [6.45, 7) is 2.65. The Kier molecular flexibility index (Phi) is 4.33. The second kappa shape index (κ2) is 5.79. The zero-order chi connectivity index (χ0) is 13.0. The van der Waals surface area contributed by atoms with Crippen molar-refractivity contribution >= 4 is 17.5 Å². The van der Waals surface area contributed by atoms with Gasteiger partial charge in [-0.1, -0.05) is 19.8 Å². The van der Waals surface area contributed by atoms with Crippen LogP contribution in [-0.4, -0.2) is 18.3 Å². The van der Waals surface area contributed by atoms with E-state index in [2.05, 4.69) is 5.32 Å². The van der Waals surface area contributed by atoms with Crippen molar-refractivity contribution in [2.75, 3.05) is 12.4 Å². The first-order valence-corrected chi connectivity index (χ1v) is 7.15. The van der Waals surface area contributed by atoms with Crippen LogP contribution in [0.15, 0.2) is 16.7 Å². The molecular weight excluding hydrogens is 250 g/mol. The first-order valence-electron chi connectivity index (χ1n) is 6.61. The molecule has 1 saturated carbocycles. The summed E-state index contributed by atoms with van der Waals surface area (Å²) in [6, 6.07) is 1.73. The number of aryl methyl sites for hydroxylation is 1. The fraction of sp³-hybridized carbons (Fsp3) is 0.643. The van der Waals surface area contributed by atoms with Gasteiger partial charge in [0.2, 0.25) is 0 Å². The standard InChI is InChI=1S/C14H20ClNO2/c1-2-12-11(5-8-18-12)13(17)16-10-14(9-15)6-3-4-7-14/h5,8H,2-4,6-7,9-10H2,1H3,(H,16,17). The fourth-order valence-electron chi connectivity index (χ4n) is 2.66. The fourth-order valence-corrected chi connectivity index (χ4v) is 3.02. The molecule has 0 atom stereocenters. The molecule has 0 radical (unpaired) electrons. The molecule has 0 aromatic carbocycles. The third-order valence-electron chi connectivity index (χ3n) is 3.88. The van der Waals surface area contributed by atoms with E-state index in [0.717, 1.165) is 25.0 Å². The molecule has 100 valence electrons. The molecule has 0 bridgehead atoms. The number of carbonyl (C=O) groups excluding carboxylic acids is 1. The van der Waals surface area contributed by atoms with Gasteiger partial charge in [0.25, 0.3) is 5.91 Å². The van der Waals surface area contributed by atoms with Gasteiger partial charge in [-0.25, -0.2) is 0 Å². The van der Waals surface area contributed by atoms with E-state index >= 15 is 0 Å². The van der Waals surface area contributed by atoms with Crippen molar-refractivity contribution < 1.29 is 9.21 Å². The van der Waals surface area contributed by atoms with Crippen LogP contribution in [0.3, 0.4) is 0 Å². The van der Waals surface area contributed by atoms with Crippen LogP contribution in [0.25, 0.3) is 0 Å². The summed E-state index contributed by atoms with van der Waals surface area (Å²) < 4.78 is 5.27. The van der Waals surface area contributed by atoms with Gasteiger partial charge in [-0.05, 0) is 18.9 Å². The minimum atomic E-state index is -0.0445. The van der Waals surface area contributed by atoms with Crippen molar-refractivity contribution in [2.45, 2.75) is 39.0 Å². The Hall–Kier alpha value is -0.960. The van der Waals surface area contributed by atoms with Crippen LogP contribution >= 0.6 is 11.6 Å². The summed E-state index contributed by atoms with van der Waals surface area (Å²) in [5.41, 5.74) is 0.757. The second-order valence-corrected chi connectivity index (χ2v) is 5.40. The smallest absolute Gasteiger partial charge is 0.254 e. The summed E-state index contributed by atoms with van der Waals surface area (Å²) in [5, 5.41) is 3.01. The van der Waals surface area contributed by atoms with Gasteiger partial charge in [0, 0.05) is 24.3 Å². The minimum Gasteiger partial charge on any atom is -0.469 e. The Morgan fingerprint density at radius 3 is 2.83 bits per heavy atom. The Balaban J connectivity index is 1.96. The summed E-state index contributed by atoms with van der Waals surface area (Å²) in [4.78, 5) is 12.1. The minimum absolute atomic E-state index is 0.0445. The lowest BCUT2D eigenvalue weighted by Crippen LogP contribution is -2.37. The van der Waals surface area contributed by atoms with E-state index in [1.54, 1.807) is 12.3 Å². The van der Waals surface area contributed by atoms with Crippen molar-refractivity contribution in [2.24, 2.45) is 5.41 Å². The summed E-state index contributed by atoms with van der Waals surface area (Å²) >= 11 is 6.06. The Morgan fingerprint density at radius 2 is 2.22 bits per heavy atom. The van der Waals surface area contributed by atoms with Gasteiger partial charge in [0.15, 0.2) is 0 Å². The maximum atomic E-state index is 12.1. The van der Waals surface area contributed by atoms with E-state index in [1.165, 1.54) is 12.8 Å². The topological polar surface area (TPSA) is 42.2 Å². The van der Waals surface area contributed by atoms with E-state index in [0.29, 0.717) is 18.0 Å². The molecular formula is C14H20ClNO2. The molecule has 0 saturated heterocycles. The van der Waals surface area contributed by atoms with Gasteiger partial charge >= 0.3 is 0 Å². The summed E-state index contributed by atoms with van der Waals surface area (Å²) in [5.74, 6) is 1.33. The van der Waals surface area contributed by atoms with E-state index in [-0.39, 0.29) is 11.3 Å². The van der Waals surface area contributed by atoms with Gasteiger partial charge in [-0.3, -0.25) is 4.79 Å². The summed E-state index contributed by atoms with van der Waals surface area (Å²) in [7, 11) is 0. The van der Waals surface area contributed by atoms with E-state index in [9.17, 15) is 4.79 Å². The highest BCUT2D eigenvalue weighted by atomic mass is 35.5. The van der Waals surface area contributed by atoms with Crippen LogP contribution in [0, 0.1) is 5.41 Å². The third-order valence-corrected chi connectivity index (χ3v) is 4.45. The third kappa shape index (κ3) is 2.72. The monoisotopic (exact) mass is 269 g/mol. The zero-order valence-electron chi connectivity index (χ0n) is 10.8.